The van der Waals surface area contributed by atoms with Gasteiger partial charge in [-0.15, -0.1) is 0 Å². The smallest absolute Gasteiger partial charge is 0.251 e. The molecule has 1 fully saturated rings. The van der Waals surface area contributed by atoms with Crippen molar-refractivity contribution in [2.24, 2.45) is 5.92 Å². The number of nitrogen functional groups attached to an aromatic ring is 1. The molecule has 0 spiro atoms. The second-order valence-corrected chi connectivity index (χ2v) is 4.58. The third kappa shape index (κ3) is 1.38. The van der Waals surface area contributed by atoms with Gasteiger partial charge in [-0.2, -0.15) is 0 Å². The largest absolute Gasteiger partial charge is 0.399 e. The average Bonchev–Trinajstić information content (AvgIpc) is 2.69. The molecular formula is C12H15N3O. The molecule has 4 nitrogen and oxygen atoms in total. The van der Waals surface area contributed by atoms with Gasteiger partial charge in [0.05, 0.1) is 0 Å². The molecule has 0 saturated carbocycles. The maximum absolute atomic E-state index is 11.9. The first-order valence-corrected chi connectivity index (χ1v) is 5.64. The Morgan fingerprint density at radius 2 is 2.12 bits per heavy atom. The van der Waals surface area contributed by atoms with Gasteiger partial charge in [0.15, 0.2) is 0 Å². The van der Waals surface area contributed by atoms with E-state index < -0.39 is 0 Å². The molecule has 4 N–H and O–H groups in total. The van der Waals surface area contributed by atoms with Crippen LogP contribution >= 0.6 is 0 Å². The first-order chi connectivity index (χ1) is 7.75. The summed E-state index contributed by atoms with van der Waals surface area (Å²) in [5, 5.41) is 6.34. The van der Waals surface area contributed by atoms with E-state index in [1.165, 1.54) is 0 Å². The summed E-state index contributed by atoms with van der Waals surface area (Å²) in [6.45, 7) is 2.69. The number of carbonyl (C=O) groups excluding carboxylic acids is 1. The Balaban J connectivity index is 2.12. The molecule has 1 aromatic carbocycles. The van der Waals surface area contributed by atoms with E-state index in [1.807, 2.05) is 12.1 Å². The van der Waals surface area contributed by atoms with Crippen molar-refractivity contribution < 1.29 is 4.79 Å². The van der Waals surface area contributed by atoms with Crippen LogP contribution in [0, 0.1) is 5.92 Å². The van der Waals surface area contributed by atoms with Gasteiger partial charge in [0.1, 0.15) is 0 Å². The van der Waals surface area contributed by atoms with Gasteiger partial charge in [-0.3, -0.25) is 4.79 Å². The molecule has 3 rings (SSSR count). The van der Waals surface area contributed by atoms with Crippen LogP contribution in [0.25, 0.3) is 0 Å². The lowest BCUT2D eigenvalue weighted by molar-refractivity contribution is 0.0952. The summed E-state index contributed by atoms with van der Waals surface area (Å²) in [5.74, 6) is 0.958. The summed E-state index contributed by atoms with van der Waals surface area (Å²) in [7, 11) is 0. The fraction of sp³-hybridized carbons (Fsp3) is 0.417. The van der Waals surface area contributed by atoms with Crippen molar-refractivity contribution in [2.45, 2.75) is 5.92 Å². The Morgan fingerprint density at radius 3 is 3.00 bits per heavy atom. The van der Waals surface area contributed by atoms with Crippen molar-refractivity contribution in [1.82, 2.24) is 10.6 Å². The van der Waals surface area contributed by atoms with E-state index in [0.29, 0.717) is 17.5 Å². The maximum Gasteiger partial charge on any atom is 0.251 e. The third-order valence-electron chi connectivity index (χ3n) is 3.59. The van der Waals surface area contributed by atoms with Gasteiger partial charge in [-0.25, -0.2) is 0 Å². The van der Waals surface area contributed by atoms with E-state index >= 15 is 0 Å². The molecule has 16 heavy (non-hydrogen) atoms. The average molecular weight is 217 g/mol. The predicted octanol–water partition coefficient (Wildman–Crippen LogP) is 0.315. The van der Waals surface area contributed by atoms with Crippen LogP contribution in [0.2, 0.25) is 0 Å². The van der Waals surface area contributed by atoms with Crippen LogP contribution in [0.1, 0.15) is 21.8 Å². The summed E-state index contributed by atoms with van der Waals surface area (Å²) in [4.78, 5) is 11.9. The fourth-order valence-corrected chi connectivity index (χ4v) is 2.72. The van der Waals surface area contributed by atoms with Gasteiger partial charge in [0.25, 0.3) is 5.91 Å². The summed E-state index contributed by atoms with van der Waals surface area (Å²) < 4.78 is 0. The van der Waals surface area contributed by atoms with Crippen molar-refractivity contribution in [3.63, 3.8) is 0 Å². The Labute approximate surface area is 94.2 Å². The number of rotatable bonds is 0. The number of benzene rings is 1. The molecule has 1 aromatic rings. The van der Waals surface area contributed by atoms with Gasteiger partial charge in [-0.05, 0) is 23.6 Å². The minimum atomic E-state index is 0.0108. The van der Waals surface area contributed by atoms with E-state index in [0.717, 1.165) is 30.8 Å². The molecule has 0 unspecified atom stereocenters. The highest BCUT2D eigenvalue weighted by atomic mass is 16.1. The van der Waals surface area contributed by atoms with Crippen LogP contribution in [0.3, 0.4) is 0 Å². The quantitative estimate of drug-likeness (QED) is 0.548. The SMILES string of the molecule is Nc1ccc2c(c1)C(=O)NC[C@H]1CNC[C@H]21. The van der Waals surface area contributed by atoms with Crippen LogP contribution in [0.15, 0.2) is 18.2 Å². The fourth-order valence-electron chi connectivity index (χ4n) is 2.72. The lowest BCUT2D eigenvalue weighted by Gasteiger charge is -2.16. The molecule has 0 radical (unpaired) electrons. The van der Waals surface area contributed by atoms with Crippen LogP contribution in [0.4, 0.5) is 5.69 Å². The lowest BCUT2D eigenvalue weighted by atomic mass is 9.87. The van der Waals surface area contributed by atoms with Crippen molar-refractivity contribution in [2.75, 3.05) is 25.4 Å². The van der Waals surface area contributed by atoms with Gasteiger partial charge in [0.2, 0.25) is 0 Å². The number of hydrogen-bond donors (Lipinski definition) is 3. The topological polar surface area (TPSA) is 67.2 Å². The van der Waals surface area contributed by atoms with Crippen molar-refractivity contribution in [3.8, 4) is 0 Å². The first-order valence-electron chi connectivity index (χ1n) is 5.64. The van der Waals surface area contributed by atoms with E-state index in [-0.39, 0.29) is 5.91 Å². The molecule has 2 atom stereocenters. The highest BCUT2D eigenvalue weighted by molar-refractivity contribution is 5.97. The van der Waals surface area contributed by atoms with E-state index in [9.17, 15) is 4.79 Å². The minimum Gasteiger partial charge on any atom is -0.399 e. The van der Waals surface area contributed by atoms with Gasteiger partial charge < -0.3 is 16.4 Å². The number of fused-ring (bicyclic) bond motifs is 3. The van der Waals surface area contributed by atoms with Crippen molar-refractivity contribution in [3.05, 3.63) is 29.3 Å². The predicted molar refractivity (Wildman–Crippen MR) is 62.3 cm³/mol. The van der Waals surface area contributed by atoms with Crippen LogP contribution in [0.5, 0.6) is 0 Å². The summed E-state index contributed by atoms with van der Waals surface area (Å²) in [6.07, 6.45) is 0. The second-order valence-electron chi connectivity index (χ2n) is 4.58. The highest BCUT2D eigenvalue weighted by Gasteiger charge is 2.33. The van der Waals surface area contributed by atoms with Crippen molar-refractivity contribution >= 4 is 11.6 Å². The minimum absolute atomic E-state index is 0.0108. The van der Waals surface area contributed by atoms with Crippen LogP contribution in [-0.4, -0.2) is 25.5 Å². The number of nitrogens with one attached hydrogen (secondary N) is 2. The number of carbonyl (C=O) groups is 1. The van der Waals surface area contributed by atoms with E-state index in [2.05, 4.69) is 10.6 Å². The van der Waals surface area contributed by atoms with Crippen LogP contribution in [-0.2, 0) is 0 Å². The monoisotopic (exact) mass is 217 g/mol. The first kappa shape index (κ1) is 9.66. The second kappa shape index (κ2) is 3.49. The summed E-state index contributed by atoms with van der Waals surface area (Å²) in [6, 6.07) is 5.67. The molecule has 1 amide bonds. The Morgan fingerprint density at radius 1 is 1.25 bits per heavy atom. The Hall–Kier alpha value is -1.55. The van der Waals surface area contributed by atoms with Crippen LogP contribution < -0.4 is 16.4 Å². The third-order valence-corrected chi connectivity index (χ3v) is 3.59. The molecule has 2 aliphatic rings. The Kier molecular flexibility index (Phi) is 2.11. The zero-order valence-corrected chi connectivity index (χ0v) is 8.99. The zero-order valence-electron chi connectivity index (χ0n) is 8.99. The number of hydrogen-bond acceptors (Lipinski definition) is 3. The molecule has 0 aliphatic carbocycles. The standard InChI is InChI=1S/C12H15N3O/c13-8-1-2-9-10(3-8)12(16)15-5-7-4-14-6-11(7)9/h1-3,7,11,14H,4-6,13H2,(H,15,16)/t7-,11+/m1/s1. The molecule has 84 valence electrons. The summed E-state index contributed by atoms with van der Waals surface area (Å²) >= 11 is 0. The van der Waals surface area contributed by atoms with E-state index in [4.69, 9.17) is 5.73 Å². The normalized spacial score (nSPS) is 27.9. The molecule has 4 heteroatoms. The number of amides is 1. The lowest BCUT2D eigenvalue weighted by Crippen LogP contribution is -2.28. The molecule has 0 bridgehead atoms. The number of anilines is 1. The molecule has 2 aliphatic heterocycles. The zero-order chi connectivity index (χ0) is 11.1. The van der Waals surface area contributed by atoms with E-state index in [1.54, 1.807) is 6.07 Å². The molecule has 2 heterocycles. The molecule has 0 aromatic heterocycles. The van der Waals surface area contributed by atoms with Gasteiger partial charge >= 0.3 is 0 Å². The van der Waals surface area contributed by atoms with Gasteiger partial charge in [0, 0.05) is 36.8 Å². The molecule has 1 saturated heterocycles. The van der Waals surface area contributed by atoms with Crippen molar-refractivity contribution in [1.29, 1.82) is 0 Å². The summed E-state index contributed by atoms with van der Waals surface area (Å²) in [5.41, 5.74) is 8.27. The highest BCUT2D eigenvalue weighted by Crippen LogP contribution is 2.33. The Bertz CT molecular complexity index is 444. The van der Waals surface area contributed by atoms with Gasteiger partial charge in [-0.1, -0.05) is 6.07 Å². The molecular weight excluding hydrogens is 202 g/mol. The maximum atomic E-state index is 11.9. The number of nitrogens with two attached hydrogens (primary N) is 1.